The van der Waals surface area contributed by atoms with Crippen LogP contribution in [-0.4, -0.2) is 18.6 Å². The lowest BCUT2D eigenvalue weighted by molar-refractivity contribution is -0.122. The zero-order valence-corrected chi connectivity index (χ0v) is 15.7. The molecule has 4 heteroatoms. The Morgan fingerprint density at radius 3 is 2.46 bits per heavy atom. The summed E-state index contributed by atoms with van der Waals surface area (Å²) in [6.07, 6.45) is 2.04. The van der Waals surface area contributed by atoms with Crippen LogP contribution in [0.3, 0.4) is 0 Å². The molecule has 0 saturated carbocycles. The third-order valence-corrected chi connectivity index (χ3v) is 4.24. The number of amides is 1. The van der Waals surface area contributed by atoms with Gasteiger partial charge in [0, 0.05) is 0 Å². The highest BCUT2D eigenvalue weighted by Gasteiger charge is 2.19. The molecule has 138 valence electrons. The normalized spacial score (nSPS) is 12.7. The summed E-state index contributed by atoms with van der Waals surface area (Å²) in [6.45, 7) is 10.1. The predicted octanol–water partition coefficient (Wildman–Crippen LogP) is 5.17. The van der Waals surface area contributed by atoms with E-state index in [0.717, 1.165) is 17.7 Å². The molecular weight excluding hydrogens is 326 g/mol. The van der Waals surface area contributed by atoms with Crippen LogP contribution in [0.4, 0.5) is 5.69 Å². The number of hydrogen-bond acceptors (Lipinski definition) is 3. The second-order valence-electron chi connectivity index (χ2n) is 6.19. The summed E-state index contributed by atoms with van der Waals surface area (Å²) >= 11 is 0. The summed E-state index contributed by atoms with van der Waals surface area (Å²) in [5.41, 5.74) is 1.73. The molecule has 26 heavy (non-hydrogen) atoms. The van der Waals surface area contributed by atoms with Crippen molar-refractivity contribution >= 4 is 11.6 Å². The van der Waals surface area contributed by atoms with Crippen molar-refractivity contribution in [3.05, 3.63) is 66.7 Å². The third-order valence-electron chi connectivity index (χ3n) is 4.24. The number of ether oxygens (including phenoxy) is 2. The second kappa shape index (κ2) is 9.66. The summed E-state index contributed by atoms with van der Waals surface area (Å²) in [7, 11) is 0. The molecule has 1 N–H and O–H groups in total. The van der Waals surface area contributed by atoms with Gasteiger partial charge in [0.1, 0.15) is 18.1 Å². The average Bonchev–Trinajstić information content (AvgIpc) is 2.67. The molecule has 0 heterocycles. The van der Waals surface area contributed by atoms with Gasteiger partial charge in [-0.2, -0.15) is 0 Å². The molecule has 0 fully saturated rings. The summed E-state index contributed by atoms with van der Waals surface area (Å²) in [4.78, 5) is 12.6. The third kappa shape index (κ3) is 5.12. The molecule has 0 bridgehead atoms. The predicted molar refractivity (Wildman–Crippen MR) is 106 cm³/mol. The number of carbonyl (C=O) groups is 1. The Labute approximate surface area is 155 Å². The molecule has 2 rings (SSSR count). The van der Waals surface area contributed by atoms with Crippen molar-refractivity contribution < 1.29 is 14.3 Å². The van der Waals surface area contributed by atoms with E-state index in [0.29, 0.717) is 24.0 Å². The maximum atomic E-state index is 12.6. The van der Waals surface area contributed by atoms with E-state index >= 15 is 0 Å². The van der Waals surface area contributed by atoms with Gasteiger partial charge >= 0.3 is 0 Å². The molecule has 0 spiro atoms. The Kier molecular flexibility index (Phi) is 7.27. The monoisotopic (exact) mass is 353 g/mol. The van der Waals surface area contributed by atoms with Crippen molar-refractivity contribution in [3.8, 4) is 11.5 Å². The van der Waals surface area contributed by atoms with Gasteiger partial charge in [0.25, 0.3) is 5.91 Å². The van der Waals surface area contributed by atoms with E-state index < -0.39 is 6.10 Å². The summed E-state index contributed by atoms with van der Waals surface area (Å²) in [6, 6.07) is 15.2. The van der Waals surface area contributed by atoms with Crippen molar-refractivity contribution in [1.82, 2.24) is 0 Å². The molecule has 0 saturated heterocycles. The van der Waals surface area contributed by atoms with Gasteiger partial charge in [-0.1, -0.05) is 56.8 Å². The van der Waals surface area contributed by atoms with E-state index in [4.69, 9.17) is 9.47 Å². The molecule has 1 amide bonds. The van der Waals surface area contributed by atoms with Gasteiger partial charge in [0.05, 0.1) is 5.69 Å². The molecule has 2 atom stereocenters. The Balaban J connectivity index is 2.09. The molecule has 2 aromatic rings. The molecule has 0 radical (unpaired) electrons. The van der Waals surface area contributed by atoms with Crippen LogP contribution in [0, 0.1) is 0 Å². The smallest absolute Gasteiger partial charge is 0.265 e. The first kappa shape index (κ1) is 19.6. The van der Waals surface area contributed by atoms with Crippen LogP contribution in [-0.2, 0) is 4.79 Å². The van der Waals surface area contributed by atoms with E-state index in [-0.39, 0.29) is 5.91 Å². The highest BCUT2D eigenvalue weighted by atomic mass is 16.5. The van der Waals surface area contributed by atoms with Crippen LogP contribution in [0.1, 0.15) is 38.7 Å². The molecule has 2 unspecified atom stereocenters. The van der Waals surface area contributed by atoms with Gasteiger partial charge in [-0.25, -0.2) is 0 Å². The number of nitrogens with one attached hydrogen (secondary N) is 1. The Bertz CT molecular complexity index is 742. The first-order chi connectivity index (χ1) is 12.6. The summed E-state index contributed by atoms with van der Waals surface area (Å²) in [5, 5.41) is 2.88. The number of anilines is 1. The largest absolute Gasteiger partial charge is 0.487 e. The fourth-order valence-electron chi connectivity index (χ4n) is 2.54. The minimum atomic E-state index is -0.632. The molecule has 0 aromatic heterocycles. The average molecular weight is 353 g/mol. The van der Waals surface area contributed by atoms with Crippen molar-refractivity contribution in [2.45, 2.75) is 39.2 Å². The number of rotatable bonds is 9. The number of hydrogen-bond donors (Lipinski definition) is 1. The van der Waals surface area contributed by atoms with Crippen molar-refractivity contribution in [2.24, 2.45) is 0 Å². The van der Waals surface area contributed by atoms with E-state index in [2.05, 4.69) is 25.7 Å². The van der Waals surface area contributed by atoms with E-state index in [1.165, 1.54) is 0 Å². The summed E-state index contributed by atoms with van der Waals surface area (Å²) < 4.78 is 11.5. The molecule has 0 aliphatic carbocycles. The standard InChI is InChI=1S/C22H27NO3/c1-5-15-25-21-14-10-8-12-19(21)23-22(24)17(4)26-20-13-9-7-11-18(20)16(3)6-2/h5,7-14,16-17H,1,6,15H2,2-4H3,(H,23,24). The fourth-order valence-corrected chi connectivity index (χ4v) is 2.54. The van der Waals surface area contributed by atoms with Gasteiger partial charge in [-0.05, 0) is 43.0 Å². The minimum Gasteiger partial charge on any atom is -0.487 e. The SMILES string of the molecule is C=CCOc1ccccc1NC(=O)C(C)Oc1ccccc1C(C)CC. The highest BCUT2D eigenvalue weighted by Crippen LogP contribution is 2.29. The lowest BCUT2D eigenvalue weighted by Crippen LogP contribution is -2.30. The van der Waals surface area contributed by atoms with Crippen LogP contribution in [0.25, 0.3) is 0 Å². The lowest BCUT2D eigenvalue weighted by atomic mass is 9.98. The van der Waals surface area contributed by atoms with Gasteiger partial charge in [0.15, 0.2) is 6.10 Å². The summed E-state index contributed by atoms with van der Waals surface area (Å²) in [5.74, 6) is 1.50. The van der Waals surface area contributed by atoms with Crippen LogP contribution in [0.5, 0.6) is 11.5 Å². The van der Waals surface area contributed by atoms with Crippen LogP contribution >= 0.6 is 0 Å². The number of benzene rings is 2. The molecule has 0 aliphatic rings. The quantitative estimate of drug-likeness (QED) is 0.633. The zero-order chi connectivity index (χ0) is 18.9. The fraction of sp³-hybridized carbons (Fsp3) is 0.318. The topological polar surface area (TPSA) is 47.6 Å². The first-order valence-electron chi connectivity index (χ1n) is 8.96. The maximum absolute atomic E-state index is 12.6. The molecular formula is C22H27NO3. The van der Waals surface area contributed by atoms with Crippen molar-refractivity contribution in [3.63, 3.8) is 0 Å². The van der Waals surface area contributed by atoms with Gasteiger partial charge in [0.2, 0.25) is 0 Å². The van der Waals surface area contributed by atoms with Crippen LogP contribution < -0.4 is 14.8 Å². The Hall–Kier alpha value is -2.75. The van der Waals surface area contributed by atoms with Crippen LogP contribution in [0.15, 0.2) is 61.2 Å². The van der Waals surface area contributed by atoms with Crippen molar-refractivity contribution in [1.29, 1.82) is 0 Å². The first-order valence-corrected chi connectivity index (χ1v) is 8.96. The lowest BCUT2D eigenvalue weighted by Gasteiger charge is -2.20. The van der Waals surface area contributed by atoms with E-state index in [1.54, 1.807) is 19.1 Å². The highest BCUT2D eigenvalue weighted by molar-refractivity contribution is 5.95. The molecule has 0 aliphatic heterocycles. The van der Waals surface area contributed by atoms with E-state index in [1.807, 2.05) is 42.5 Å². The number of para-hydroxylation sites is 3. The van der Waals surface area contributed by atoms with Gasteiger partial charge in [-0.15, -0.1) is 0 Å². The van der Waals surface area contributed by atoms with E-state index in [9.17, 15) is 4.79 Å². The Morgan fingerprint density at radius 1 is 1.12 bits per heavy atom. The molecule has 4 nitrogen and oxygen atoms in total. The van der Waals surface area contributed by atoms with Crippen LogP contribution in [0.2, 0.25) is 0 Å². The minimum absolute atomic E-state index is 0.224. The van der Waals surface area contributed by atoms with Gasteiger partial charge in [-0.3, -0.25) is 4.79 Å². The number of carbonyl (C=O) groups excluding carboxylic acids is 1. The van der Waals surface area contributed by atoms with Crippen molar-refractivity contribution in [2.75, 3.05) is 11.9 Å². The molecule has 2 aromatic carbocycles. The zero-order valence-electron chi connectivity index (χ0n) is 15.7. The second-order valence-corrected chi connectivity index (χ2v) is 6.19. The van der Waals surface area contributed by atoms with Gasteiger partial charge < -0.3 is 14.8 Å². The maximum Gasteiger partial charge on any atom is 0.265 e. The Morgan fingerprint density at radius 2 is 1.77 bits per heavy atom.